The van der Waals surface area contributed by atoms with Crippen molar-refractivity contribution >= 4 is 66.9 Å². The lowest BCUT2D eigenvalue weighted by molar-refractivity contribution is -0.193. The number of anilines is 2. The van der Waals surface area contributed by atoms with E-state index in [0.717, 1.165) is 89.4 Å². The first-order valence-corrected chi connectivity index (χ1v) is 23.6. The second-order valence-electron chi connectivity index (χ2n) is 15.0. The molecule has 29 heteroatoms. The molecule has 2 aromatic heterocycles. The van der Waals surface area contributed by atoms with Crippen molar-refractivity contribution in [2.45, 2.75) is 30.1 Å². The molecule has 21 nitrogen and oxygen atoms in total. The quantitative estimate of drug-likeness (QED) is 0.0469. The summed E-state index contributed by atoms with van der Waals surface area (Å²) in [5.74, 6) is -2.12. The maximum Gasteiger partial charge on any atom is 0.490 e. The molecule has 0 unspecified atom stereocenters. The van der Waals surface area contributed by atoms with Crippen LogP contribution in [0.4, 0.5) is 37.8 Å². The van der Waals surface area contributed by atoms with Crippen molar-refractivity contribution in [2.24, 2.45) is 0 Å². The maximum atomic E-state index is 12.3. The number of carbonyl (C=O) groups is 2. The Hall–Kier alpha value is -6.30. The fourth-order valence-electron chi connectivity index (χ4n) is 6.53. The van der Waals surface area contributed by atoms with E-state index in [0.29, 0.717) is 69.5 Å². The number of halogens is 7. The van der Waals surface area contributed by atoms with Gasteiger partial charge < -0.3 is 48.7 Å². The van der Waals surface area contributed by atoms with Gasteiger partial charge in [0.15, 0.2) is 23.0 Å². The normalized spacial score (nSPS) is 14.3. The van der Waals surface area contributed by atoms with Crippen molar-refractivity contribution in [1.29, 1.82) is 0 Å². The van der Waals surface area contributed by atoms with E-state index in [1.165, 1.54) is 38.9 Å². The zero-order valence-electron chi connectivity index (χ0n) is 39.7. The highest BCUT2D eigenvalue weighted by Crippen LogP contribution is 2.37. The number of fused-ring (bicyclic) bond motifs is 2. The number of aromatic nitrogens is 4. The average Bonchev–Trinajstić information content (AvgIpc) is 3.37. The highest BCUT2D eigenvalue weighted by atomic mass is 35.5. The molecule has 7 rings (SSSR count). The number of alkyl halides is 6. The van der Waals surface area contributed by atoms with Crippen molar-refractivity contribution in [1.82, 2.24) is 34.5 Å². The van der Waals surface area contributed by atoms with Crippen LogP contribution in [0.2, 0.25) is 5.15 Å². The SMILES string of the molecule is CNS(=O)(=O)c1ccc(OC)c(Nc2ncnc3cc(OC)c(OCCCN4CCOCC4)cc23)c1.COc1cc2ncnc(Cl)c2cc1OCCCN1CCOCC1.O=C(O)C(F)(F)F.O=C(O)C(F)(F)F. The van der Waals surface area contributed by atoms with E-state index in [-0.39, 0.29) is 4.90 Å². The lowest BCUT2D eigenvalue weighted by atomic mass is 10.2. The number of methoxy groups -OCH3 is 3. The average molecular weight is 1080 g/mol. The van der Waals surface area contributed by atoms with Gasteiger partial charge in [0.25, 0.3) is 0 Å². The third-order valence-corrected chi connectivity index (χ3v) is 12.0. The first-order chi connectivity index (χ1) is 34.6. The molecule has 4 heterocycles. The standard InChI is InChI=1S/C24H31N5O6S.C16H20ClN3O3.2C2HF3O2/c1-25-36(30,31)17-5-6-21(32-2)20(13-17)28-24-18-14-23(22(33-3)15-19(18)26-16-27-24)35-10-4-7-29-8-11-34-12-9-29;1-21-14-10-13-12(16(17)19-11-18-13)9-15(14)23-6-2-3-20-4-7-22-8-5-20;2*3-2(4,5)1(6)7/h5-6,13-16,25H,4,7-12H2,1-3H3,(H,26,27,28);9-11H,2-8H2,1H3;2*(H,6,7). The van der Waals surface area contributed by atoms with Gasteiger partial charge >= 0.3 is 24.3 Å². The molecule has 2 fully saturated rings. The Bertz CT molecular complexity index is 2680. The number of sulfonamides is 1. The second kappa shape index (κ2) is 28.2. The summed E-state index contributed by atoms with van der Waals surface area (Å²) in [5.41, 5.74) is 1.82. The molecule has 5 aromatic rings. The van der Waals surface area contributed by atoms with Gasteiger partial charge in [0, 0.05) is 62.2 Å². The molecule has 2 aliphatic heterocycles. The van der Waals surface area contributed by atoms with Gasteiger partial charge in [-0.15, -0.1) is 0 Å². The fraction of sp³-hybridized carbons (Fsp3) is 0.455. The van der Waals surface area contributed by atoms with Gasteiger partial charge in [-0.1, -0.05) is 11.6 Å². The number of rotatable bonds is 17. The Kier molecular flexibility index (Phi) is 22.9. The molecule has 0 spiro atoms. The number of aliphatic carboxylic acids is 2. The Labute approximate surface area is 419 Å². The zero-order valence-corrected chi connectivity index (χ0v) is 41.3. The lowest BCUT2D eigenvalue weighted by Gasteiger charge is -2.26. The van der Waals surface area contributed by atoms with Crippen molar-refractivity contribution in [3.63, 3.8) is 0 Å². The number of carboxylic acids is 2. The predicted octanol–water partition coefficient (Wildman–Crippen LogP) is 6.06. The van der Waals surface area contributed by atoms with Crippen LogP contribution in [0.5, 0.6) is 28.7 Å². The van der Waals surface area contributed by atoms with Gasteiger partial charge in [-0.25, -0.2) is 42.7 Å². The molecule has 4 N–H and O–H groups in total. The van der Waals surface area contributed by atoms with E-state index in [1.54, 1.807) is 26.4 Å². The predicted molar refractivity (Wildman–Crippen MR) is 252 cm³/mol. The number of nitrogens with zero attached hydrogens (tertiary/aromatic N) is 6. The van der Waals surface area contributed by atoms with Crippen LogP contribution >= 0.6 is 11.6 Å². The first-order valence-electron chi connectivity index (χ1n) is 21.8. The zero-order chi connectivity index (χ0) is 53.8. The number of hydrogen-bond donors (Lipinski definition) is 4. The summed E-state index contributed by atoms with van der Waals surface area (Å²) < 4.78 is 129. The van der Waals surface area contributed by atoms with E-state index >= 15 is 0 Å². The van der Waals surface area contributed by atoms with Crippen molar-refractivity contribution in [3.05, 3.63) is 60.3 Å². The highest BCUT2D eigenvalue weighted by Gasteiger charge is 2.39. The lowest BCUT2D eigenvalue weighted by Crippen LogP contribution is -2.37. The summed E-state index contributed by atoms with van der Waals surface area (Å²) in [6.07, 6.45) is -5.50. The Morgan fingerprint density at radius 1 is 0.671 bits per heavy atom. The number of morpholine rings is 2. The van der Waals surface area contributed by atoms with Crippen LogP contribution in [0.1, 0.15) is 12.8 Å². The highest BCUT2D eigenvalue weighted by molar-refractivity contribution is 7.89. The fourth-order valence-corrected chi connectivity index (χ4v) is 7.48. The van der Waals surface area contributed by atoms with Crippen LogP contribution in [0.15, 0.2) is 60.0 Å². The van der Waals surface area contributed by atoms with Gasteiger partial charge in [-0.3, -0.25) is 9.80 Å². The molecule has 0 atom stereocenters. The smallest absolute Gasteiger partial charge is 0.490 e. The molecule has 0 bridgehead atoms. The van der Waals surface area contributed by atoms with E-state index in [9.17, 15) is 34.8 Å². The van der Waals surface area contributed by atoms with Crippen LogP contribution < -0.4 is 33.7 Å². The molecule has 0 aliphatic carbocycles. The summed E-state index contributed by atoms with van der Waals surface area (Å²) in [7, 11) is 2.43. The topological polar surface area (TPSA) is 255 Å². The van der Waals surface area contributed by atoms with E-state index < -0.39 is 34.3 Å². The summed E-state index contributed by atoms with van der Waals surface area (Å²) in [5, 5.41) is 19.3. The van der Waals surface area contributed by atoms with Crippen molar-refractivity contribution in [3.8, 4) is 28.7 Å². The Morgan fingerprint density at radius 2 is 1.11 bits per heavy atom. The summed E-state index contributed by atoms with van der Waals surface area (Å²) in [6.45, 7) is 10.1. The minimum absolute atomic E-state index is 0.0950. The molecule has 402 valence electrons. The van der Waals surface area contributed by atoms with Gasteiger partial charge in [0.05, 0.1) is 82.6 Å². The van der Waals surface area contributed by atoms with Crippen LogP contribution in [-0.4, -0.2) is 180 Å². The molecular formula is C44H53ClF6N8O13S. The van der Waals surface area contributed by atoms with Gasteiger partial charge in [-0.05, 0) is 50.2 Å². The largest absolute Gasteiger partial charge is 0.495 e. The number of hydrogen-bond acceptors (Lipinski definition) is 18. The van der Waals surface area contributed by atoms with Gasteiger partial charge in [-0.2, -0.15) is 26.3 Å². The van der Waals surface area contributed by atoms with E-state index in [4.69, 9.17) is 64.6 Å². The molecular weight excluding hydrogens is 1030 g/mol. The maximum absolute atomic E-state index is 12.3. The van der Waals surface area contributed by atoms with Crippen LogP contribution in [0.3, 0.4) is 0 Å². The number of benzene rings is 3. The van der Waals surface area contributed by atoms with Crippen LogP contribution in [0, 0.1) is 0 Å². The minimum atomic E-state index is -5.08. The summed E-state index contributed by atoms with van der Waals surface area (Å²) in [4.78, 5) is 39.6. The second-order valence-corrected chi connectivity index (χ2v) is 17.3. The molecule has 0 saturated carbocycles. The number of carboxylic acid groups (broad SMARTS) is 2. The van der Waals surface area contributed by atoms with Crippen LogP contribution in [-0.2, 0) is 29.1 Å². The molecule has 73 heavy (non-hydrogen) atoms. The van der Waals surface area contributed by atoms with Gasteiger partial charge in [0.1, 0.15) is 29.4 Å². The third kappa shape index (κ3) is 18.6. The summed E-state index contributed by atoms with van der Waals surface area (Å²) in [6, 6.07) is 11.8. The van der Waals surface area contributed by atoms with Crippen LogP contribution in [0.25, 0.3) is 21.8 Å². The van der Waals surface area contributed by atoms with E-state index in [2.05, 4.69) is 39.8 Å². The third-order valence-electron chi connectivity index (χ3n) is 10.2. The Balaban J connectivity index is 0.000000264. The monoisotopic (exact) mass is 1080 g/mol. The summed E-state index contributed by atoms with van der Waals surface area (Å²) >= 11 is 6.12. The molecule has 3 aromatic carbocycles. The molecule has 2 saturated heterocycles. The molecule has 0 amide bonds. The number of ether oxygens (including phenoxy) is 7. The molecule has 0 radical (unpaired) electrons. The van der Waals surface area contributed by atoms with Crippen molar-refractivity contribution in [2.75, 3.05) is 113 Å². The minimum Gasteiger partial charge on any atom is -0.495 e. The van der Waals surface area contributed by atoms with E-state index in [1.807, 2.05) is 18.2 Å². The first kappa shape index (κ1) is 59.3. The number of nitrogens with one attached hydrogen (secondary N) is 2. The Morgan fingerprint density at radius 3 is 1.55 bits per heavy atom. The molecule has 2 aliphatic rings. The van der Waals surface area contributed by atoms with Gasteiger partial charge in [0.2, 0.25) is 10.0 Å². The van der Waals surface area contributed by atoms with Crippen molar-refractivity contribution < 1.29 is 87.7 Å².